The Morgan fingerprint density at radius 2 is 1.93 bits per heavy atom. The van der Waals surface area contributed by atoms with Crippen molar-refractivity contribution in [2.45, 2.75) is 0 Å². The van der Waals surface area contributed by atoms with Crippen LogP contribution in [0.3, 0.4) is 0 Å². The van der Waals surface area contributed by atoms with Crippen molar-refractivity contribution in [3.8, 4) is 17.8 Å². The standard InChI is InChI=1S/C11H6N4/c12-5-9-2-1-3-11(4-9)15-8-10(6-13)7-14-15/h1-4,7-8H. The fourth-order valence-electron chi connectivity index (χ4n) is 1.24. The molecule has 0 saturated heterocycles. The molecule has 0 unspecified atom stereocenters. The fraction of sp³-hybridized carbons (Fsp3) is 0. The normalized spacial score (nSPS) is 9.20. The first-order valence-corrected chi connectivity index (χ1v) is 4.29. The maximum absolute atomic E-state index is 8.73. The third-order valence-electron chi connectivity index (χ3n) is 1.95. The van der Waals surface area contributed by atoms with Crippen molar-refractivity contribution in [2.24, 2.45) is 0 Å². The van der Waals surface area contributed by atoms with Crippen LogP contribution in [0.1, 0.15) is 11.1 Å². The number of benzene rings is 1. The monoisotopic (exact) mass is 194 g/mol. The molecular formula is C11H6N4. The molecule has 2 aromatic rings. The predicted molar refractivity (Wildman–Crippen MR) is 53.0 cm³/mol. The molecule has 1 heterocycles. The second-order valence-corrected chi connectivity index (χ2v) is 2.95. The Bertz CT molecular complexity index is 569. The van der Waals surface area contributed by atoms with Crippen molar-refractivity contribution in [1.29, 1.82) is 10.5 Å². The minimum Gasteiger partial charge on any atom is -0.240 e. The summed E-state index contributed by atoms with van der Waals surface area (Å²) in [5.41, 5.74) is 1.84. The van der Waals surface area contributed by atoms with Gasteiger partial charge in [0.2, 0.25) is 0 Å². The summed E-state index contributed by atoms with van der Waals surface area (Å²) in [5.74, 6) is 0. The van der Waals surface area contributed by atoms with Gasteiger partial charge in [-0.1, -0.05) is 6.07 Å². The average Bonchev–Trinajstić information content (AvgIpc) is 2.78. The Hall–Kier alpha value is -2.59. The van der Waals surface area contributed by atoms with Gasteiger partial charge < -0.3 is 0 Å². The molecule has 15 heavy (non-hydrogen) atoms. The quantitative estimate of drug-likeness (QED) is 0.692. The Kier molecular flexibility index (Phi) is 2.19. The molecule has 0 aliphatic heterocycles. The van der Waals surface area contributed by atoms with Crippen LogP contribution in [0, 0.1) is 22.7 Å². The van der Waals surface area contributed by atoms with Crippen LogP contribution in [0.5, 0.6) is 0 Å². The van der Waals surface area contributed by atoms with E-state index in [9.17, 15) is 0 Å². The summed E-state index contributed by atoms with van der Waals surface area (Å²) in [7, 11) is 0. The fourth-order valence-corrected chi connectivity index (χ4v) is 1.24. The first-order chi connectivity index (χ1) is 7.33. The number of rotatable bonds is 1. The molecule has 0 aliphatic carbocycles. The van der Waals surface area contributed by atoms with Gasteiger partial charge in [0.1, 0.15) is 6.07 Å². The van der Waals surface area contributed by atoms with Crippen molar-refractivity contribution in [3.63, 3.8) is 0 Å². The highest BCUT2D eigenvalue weighted by atomic mass is 15.3. The van der Waals surface area contributed by atoms with Crippen molar-refractivity contribution in [2.75, 3.05) is 0 Å². The van der Waals surface area contributed by atoms with Gasteiger partial charge in [0.15, 0.2) is 0 Å². The van der Waals surface area contributed by atoms with Crippen LogP contribution >= 0.6 is 0 Å². The van der Waals surface area contributed by atoms with Gasteiger partial charge in [0.25, 0.3) is 0 Å². The number of hydrogen-bond donors (Lipinski definition) is 0. The first-order valence-electron chi connectivity index (χ1n) is 4.29. The van der Waals surface area contributed by atoms with Crippen LogP contribution in [0.25, 0.3) is 5.69 Å². The molecule has 0 N–H and O–H groups in total. The first kappa shape index (κ1) is 8.98. The van der Waals surface area contributed by atoms with Crippen LogP contribution < -0.4 is 0 Å². The Labute approximate surface area is 86.6 Å². The molecule has 0 bridgehead atoms. The molecule has 0 atom stereocenters. The zero-order valence-electron chi connectivity index (χ0n) is 7.75. The lowest BCUT2D eigenvalue weighted by atomic mass is 10.2. The Balaban J connectivity index is 2.46. The maximum atomic E-state index is 8.73. The second kappa shape index (κ2) is 3.65. The highest BCUT2D eigenvalue weighted by Gasteiger charge is 2.00. The van der Waals surface area contributed by atoms with Gasteiger partial charge in [-0.3, -0.25) is 0 Å². The van der Waals surface area contributed by atoms with E-state index in [1.54, 1.807) is 29.1 Å². The average molecular weight is 194 g/mol. The van der Waals surface area contributed by atoms with Gasteiger partial charge in [-0.2, -0.15) is 15.6 Å². The molecule has 70 valence electrons. The molecule has 0 amide bonds. The zero-order chi connectivity index (χ0) is 10.7. The molecule has 2 rings (SSSR count). The topological polar surface area (TPSA) is 65.4 Å². The lowest BCUT2D eigenvalue weighted by molar-refractivity contribution is 0.880. The van der Waals surface area contributed by atoms with Crippen molar-refractivity contribution in [3.05, 3.63) is 47.8 Å². The van der Waals surface area contributed by atoms with Crippen LogP contribution in [-0.2, 0) is 0 Å². The van der Waals surface area contributed by atoms with Gasteiger partial charge in [-0.15, -0.1) is 0 Å². The number of nitrogens with zero attached hydrogens (tertiary/aromatic N) is 4. The van der Waals surface area contributed by atoms with E-state index in [4.69, 9.17) is 10.5 Å². The molecule has 1 aromatic heterocycles. The van der Waals surface area contributed by atoms with E-state index >= 15 is 0 Å². The molecule has 0 saturated carbocycles. The lowest BCUT2D eigenvalue weighted by Gasteiger charge is -1.99. The SMILES string of the molecule is N#Cc1cccc(-n2cc(C#N)cn2)c1. The van der Waals surface area contributed by atoms with E-state index in [0.717, 1.165) is 5.69 Å². The number of aromatic nitrogens is 2. The van der Waals surface area contributed by atoms with Gasteiger partial charge in [-0.05, 0) is 18.2 Å². The minimum atomic E-state index is 0.498. The lowest BCUT2D eigenvalue weighted by Crippen LogP contribution is -1.94. The summed E-state index contributed by atoms with van der Waals surface area (Å²) in [6.45, 7) is 0. The zero-order valence-corrected chi connectivity index (χ0v) is 7.75. The van der Waals surface area contributed by atoms with Gasteiger partial charge in [0.05, 0.1) is 29.1 Å². The molecule has 0 radical (unpaired) electrons. The molecule has 0 spiro atoms. The minimum absolute atomic E-state index is 0.498. The summed E-state index contributed by atoms with van der Waals surface area (Å²) in [4.78, 5) is 0. The highest BCUT2D eigenvalue weighted by Crippen LogP contribution is 2.09. The van der Waals surface area contributed by atoms with Crippen LogP contribution in [-0.4, -0.2) is 9.78 Å². The summed E-state index contributed by atoms with van der Waals surface area (Å²) in [5, 5.41) is 21.4. The van der Waals surface area contributed by atoms with E-state index in [-0.39, 0.29) is 0 Å². The molecule has 4 heteroatoms. The van der Waals surface area contributed by atoms with E-state index < -0.39 is 0 Å². The Morgan fingerprint density at radius 3 is 2.60 bits per heavy atom. The van der Waals surface area contributed by atoms with Crippen LogP contribution in [0.2, 0.25) is 0 Å². The van der Waals surface area contributed by atoms with Crippen LogP contribution in [0.4, 0.5) is 0 Å². The van der Waals surface area contributed by atoms with Gasteiger partial charge in [0, 0.05) is 6.20 Å². The molecule has 1 aromatic carbocycles. The highest BCUT2D eigenvalue weighted by molar-refractivity contribution is 5.41. The van der Waals surface area contributed by atoms with Crippen molar-refractivity contribution < 1.29 is 0 Å². The van der Waals surface area contributed by atoms with Gasteiger partial charge >= 0.3 is 0 Å². The molecule has 0 fully saturated rings. The molecular weight excluding hydrogens is 188 g/mol. The summed E-state index contributed by atoms with van der Waals surface area (Å²) >= 11 is 0. The van der Waals surface area contributed by atoms with Crippen LogP contribution in [0.15, 0.2) is 36.7 Å². The van der Waals surface area contributed by atoms with E-state index in [1.807, 2.05) is 12.1 Å². The third-order valence-corrected chi connectivity index (χ3v) is 1.95. The van der Waals surface area contributed by atoms with Crippen molar-refractivity contribution >= 4 is 0 Å². The summed E-state index contributed by atoms with van der Waals surface area (Å²) in [6.07, 6.45) is 3.11. The van der Waals surface area contributed by atoms with Crippen molar-refractivity contribution in [1.82, 2.24) is 9.78 Å². The summed E-state index contributed by atoms with van der Waals surface area (Å²) in [6, 6.07) is 11.1. The largest absolute Gasteiger partial charge is 0.240 e. The maximum Gasteiger partial charge on any atom is 0.102 e. The number of nitriles is 2. The Morgan fingerprint density at radius 1 is 1.13 bits per heavy atom. The second-order valence-electron chi connectivity index (χ2n) is 2.95. The summed E-state index contributed by atoms with van der Waals surface area (Å²) < 4.78 is 1.57. The molecule has 4 nitrogen and oxygen atoms in total. The number of hydrogen-bond acceptors (Lipinski definition) is 3. The third kappa shape index (κ3) is 1.70. The smallest absolute Gasteiger partial charge is 0.102 e. The van der Waals surface area contributed by atoms with E-state index in [1.165, 1.54) is 6.20 Å². The van der Waals surface area contributed by atoms with Gasteiger partial charge in [-0.25, -0.2) is 4.68 Å². The molecule has 0 aliphatic rings. The van der Waals surface area contributed by atoms with E-state index in [2.05, 4.69) is 11.2 Å². The predicted octanol–water partition coefficient (Wildman–Crippen LogP) is 1.62. The van der Waals surface area contributed by atoms with E-state index in [0.29, 0.717) is 11.1 Å².